The summed E-state index contributed by atoms with van der Waals surface area (Å²) in [7, 11) is 0. The van der Waals surface area contributed by atoms with Crippen LogP contribution in [-0.4, -0.2) is 28.3 Å². The second kappa shape index (κ2) is 7.09. The van der Waals surface area contributed by atoms with Crippen LogP contribution in [0.1, 0.15) is 38.2 Å². The molecular weight excluding hydrogens is 292 g/mol. The van der Waals surface area contributed by atoms with Crippen molar-refractivity contribution in [2.24, 2.45) is 0 Å². The first-order chi connectivity index (χ1) is 10.9. The van der Waals surface area contributed by atoms with Crippen molar-refractivity contribution in [3.8, 4) is 5.75 Å². The second-order valence-electron chi connectivity index (χ2n) is 6.06. The molecule has 0 unspecified atom stereocenters. The van der Waals surface area contributed by atoms with Crippen molar-refractivity contribution in [2.75, 3.05) is 11.9 Å². The molecule has 2 rings (SSSR count). The topological polar surface area (TPSA) is 76.1 Å². The molecule has 0 aliphatic carbocycles. The molecule has 0 saturated carbocycles. The summed E-state index contributed by atoms with van der Waals surface area (Å²) in [5, 5.41) is 14.0. The van der Waals surface area contributed by atoms with Crippen LogP contribution in [-0.2, 0) is 0 Å². The van der Waals surface area contributed by atoms with Crippen LogP contribution in [0.2, 0.25) is 0 Å². The summed E-state index contributed by atoms with van der Waals surface area (Å²) in [5.74, 6) is 1.04. The molecule has 0 aliphatic heterocycles. The van der Waals surface area contributed by atoms with E-state index in [-0.39, 0.29) is 17.1 Å². The molecule has 1 aromatic heterocycles. The van der Waals surface area contributed by atoms with Crippen molar-refractivity contribution in [3.05, 3.63) is 42.1 Å². The van der Waals surface area contributed by atoms with E-state index in [4.69, 9.17) is 4.74 Å². The summed E-state index contributed by atoms with van der Waals surface area (Å²) in [4.78, 5) is 12.0. The highest BCUT2D eigenvalue weighted by Crippen LogP contribution is 2.26. The van der Waals surface area contributed by atoms with E-state index in [2.05, 4.69) is 20.8 Å². The van der Waals surface area contributed by atoms with E-state index in [1.807, 2.05) is 52.0 Å². The van der Waals surface area contributed by atoms with Gasteiger partial charge in [-0.1, -0.05) is 12.1 Å². The lowest BCUT2D eigenvalue weighted by molar-refractivity contribution is 0.0913. The maximum atomic E-state index is 12.0. The minimum atomic E-state index is -0.313. The minimum absolute atomic E-state index is 0.244. The molecule has 0 spiro atoms. The van der Waals surface area contributed by atoms with Crippen LogP contribution in [0.3, 0.4) is 0 Å². The summed E-state index contributed by atoms with van der Waals surface area (Å²) < 4.78 is 5.55. The first-order valence-corrected chi connectivity index (χ1v) is 7.54. The summed E-state index contributed by atoms with van der Waals surface area (Å²) in [6.45, 7) is 8.26. The highest BCUT2D eigenvalue weighted by Gasteiger charge is 2.16. The number of amides is 1. The zero-order chi connectivity index (χ0) is 16.9. The fourth-order valence-corrected chi connectivity index (χ4v) is 1.91. The molecule has 122 valence electrons. The largest absolute Gasteiger partial charge is 0.492 e. The number of para-hydroxylation sites is 2. The number of carbonyl (C=O) groups excluding carboxylic acids is 1. The van der Waals surface area contributed by atoms with Gasteiger partial charge in [-0.2, -0.15) is 0 Å². The Morgan fingerprint density at radius 2 is 1.87 bits per heavy atom. The normalized spacial score (nSPS) is 11.0. The van der Waals surface area contributed by atoms with E-state index in [0.717, 1.165) is 11.4 Å². The van der Waals surface area contributed by atoms with Crippen molar-refractivity contribution in [1.29, 1.82) is 0 Å². The monoisotopic (exact) mass is 314 g/mol. The van der Waals surface area contributed by atoms with Gasteiger partial charge >= 0.3 is 0 Å². The van der Waals surface area contributed by atoms with Crippen LogP contribution in [0.25, 0.3) is 0 Å². The number of rotatable bonds is 5. The molecule has 6 heteroatoms. The third-order valence-electron chi connectivity index (χ3n) is 2.84. The fraction of sp³-hybridized carbons (Fsp3) is 0.353. The molecular formula is C17H22N4O2. The van der Waals surface area contributed by atoms with Crippen molar-refractivity contribution >= 4 is 17.4 Å². The van der Waals surface area contributed by atoms with Gasteiger partial charge in [0.05, 0.1) is 12.3 Å². The second-order valence-corrected chi connectivity index (χ2v) is 6.06. The smallest absolute Gasteiger partial charge is 0.272 e. The molecule has 0 fully saturated rings. The summed E-state index contributed by atoms with van der Waals surface area (Å²) in [6.07, 6.45) is 0. The number of benzene rings is 1. The lowest BCUT2D eigenvalue weighted by Gasteiger charge is -2.19. The molecule has 0 aliphatic rings. The van der Waals surface area contributed by atoms with Crippen molar-refractivity contribution in [3.63, 3.8) is 0 Å². The zero-order valence-electron chi connectivity index (χ0n) is 13.9. The first-order valence-electron chi connectivity index (χ1n) is 7.54. The number of carbonyl (C=O) groups is 1. The molecule has 2 aromatic rings. The molecule has 6 nitrogen and oxygen atoms in total. The standard InChI is InChI=1S/C17H22N4O2/c1-5-23-14-9-7-6-8-12(14)18-15-11-10-13(20-21-15)16(22)19-17(2,3)4/h6-11H,5H2,1-4H3,(H,18,21)(H,19,22). The molecule has 1 aromatic carbocycles. The lowest BCUT2D eigenvalue weighted by atomic mass is 10.1. The average Bonchev–Trinajstić information content (AvgIpc) is 2.48. The minimum Gasteiger partial charge on any atom is -0.492 e. The third-order valence-corrected chi connectivity index (χ3v) is 2.84. The highest BCUT2D eigenvalue weighted by molar-refractivity contribution is 5.92. The van der Waals surface area contributed by atoms with Gasteiger partial charge in [-0.3, -0.25) is 4.79 Å². The van der Waals surface area contributed by atoms with E-state index >= 15 is 0 Å². The Kier molecular flexibility index (Phi) is 5.16. The number of anilines is 2. The summed E-state index contributed by atoms with van der Waals surface area (Å²) in [6, 6.07) is 10.9. The molecule has 0 bridgehead atoms. The Morgan fingerprint density at radius 3 is 2.48 bits per heavy atom. The van der Waals surface area contributed by atoms with Crippen LogP contribution < -0.4 is 15.4 Å². The number of nitrogens with zero attached hydrogens (tertiary/aromatic N) is 2. The fourth-order valence-electron chi connectivity index (χ4n) is 1.91. The van der Waals surface area contributed by atoms with Crippen LogP contribution in [0, 0.1) is 0 Å². The molecule has 1 heterocycles. The highest BCUT2D eigenvalue weighted by atomic mass is 16.5. The van der Waals surface area contributed by atoms with Gasteiger partial charge in [-0.25, -0.2) is 0 Å². The lowest BCUT2D eigenvalue weighted by Crippen LogP contribution is -2.41. The Balaban J connectivity index is 2.10. The predicted molar refractivity (Wildman–Crippen MR) is 90.1 cm³/mol. The number of nitrogens with one attached hydrogen (secondary N) is 2. The van der Waals surface area contributed by atoms with E-state index < -0.39 is 0 Å². The van der Waals surface area contributed by atoms with E-state index in [1.165, 1.54) is 0 Å². The zero-order valence-corrected chi connectivity index (χ0v) is 13.9. The number of aromatic nitrogens is 2. The third kappa shape index (κ3) is 4.95. The molecule has 0 radical (unpaired) electrons. The van der Waals surface area contributed by atoms with E-state index in [1.54, 1.807) is 12.1 Å². The Bertz CT molecular complexity index is 663. The van der Waals surface area contributed by atoms with Gasteiger partial charge in [0.15, 0.2) is 11.5 Å². The quantitative estimate of drug-likeness (QED) is 0.886. The average molecular weight is 314 g/mol. The molecule has 23 heavy (non-hydrogen) atoms. The summed E-state index contributed by atoms with van der Waals surface area (Å²) >= 11 is 0. The van der Waals surface area contributed by atoms with Gasteiger partial charge in [-0.15, -0.1) is 10.2 Å². The number of hydrogen-bond acceptors (Lipinski definition) is 5. The molecule has 0 saturated heterocycles. The van der Waals surface area contributed by atoms with Crippen LogP contribution in [0.5, 0.6) is 5.75 Å². The van der Waals surface area contributed by atoms with Crippen LogP contribution in [0.15, 0.2) is 36.4 Å². The first kappa shape index (κ1) is 16.7. The Morgan fingerprint density at radius 1 is 1.13 bits per heavy atom. The van der Waals surface area contributed by atoms with Crippen molar-refractivity contribution in [2.45, 2.75) is 33.2 Å². The molecule has 0 atom stereocenters. The Hall–Kier alpha value is -2.63. The van der Waals surface area contributed by atoms with E-state index in [9.17, 15) is 4.79 Å². The van der Waals surface area contributed by atoms with Gasteiger partial charge in [0, 0.05) is 5.54 Å². The number of hydrogen-bond donors (Lipinski definition) is 2. The van der Waals surface area contributed by atoms with Gasteiger partial charge in [0.2, 0.25) is 0 Å². The Labute approximate surface area is 136 Å². The van der Waals surface area contributed by atoms with Crippen LogP contribution >= 0.6 is 0 Å². The SMILES string of the molecule is CCOc1ccccc1Nc1ccc(C(=O)NC(C)(C)C)nn1. The van der Waals surface area contributed by atoms with Gasteiger partial charge in [0.1, 0.15) is 5.75 Å². The van der Waals surface area contributed by atoms with Crippen molar-refractivity contribution in [1.82, 2.24) is 15.5 Å². The molecule has 2 N–H and O–H groups in total. The van der Waals surface area contributed by atoms with E-state index in [0.29, 0.717) is 12.4 Å². The summed E-state index contributed by atoms with van der Waals surface area (Å²) in [5.41, 5.74) is 0.769. The maximum Gasteiger partial charge on any atom is 0.272 e. The predicted octanol–water partition coefficient (Wildman–Crippen LogP) is 3.15. The van der Waals surface area contributed by atoms with Gasteiger partial charge < -0.3 is 15.4 Å². The van der Waals surface area contributed by atoms with Gasteiger partial charge in [-0.05, 0) is 52.0 Å². The van der Waals surface area contributed by atoms with Gasteiger partial charge in [0.25, 0.3) is 5.91 Å². The van der Waals surface area contributed by atoms with Crippen molar-refractivity contribution < 1.29 is 9.53 Å². The number of ether oxygens (including phenoxy) is 1. The maximum absolute atomic E-state index is 12.0. The van der Waals surface area contributed by atoms with Crippen LogP contribution in [0.4, 0.5) is 11.5 Å². The molecule has 1 amide bonds.